The van der Waals surface area contributed by atoms with E-state index in [0.717, 1.165) is 12.8 Å². The lowest BCUT2D eigenvalue weighted by Gasteiger charge is -2.10. The first kappa shape index (κ1) is 11.1. The molecule has 1 saturated carbocycles. The smallest absolute Gasteiger partial charge is 0.226 e. The molecule has 0 saturated heterocycles. The molecule has 1 aliphatic rings. The summed E-state index contributed by atoms with van der Waals surface area (Å²) >= 11 is 0. The van der Waals surface area contributed by atoms with Crippen molar-refractivity contribution < 1.29 is 9.18 Å². The average molecular weight is 222 g/mol. The molecule has 0 aliphatic heterocycles. The Morgan fingerprint density at radius 2 is 2.19 bits per heavy atom. The van der Waals surface area contributed by atoms with E-state index >= 15 is 0 Å². The number of halogens is 1. The van der Waals surface area contributed by atoms with Crippen molar-refractivity contribution in [2.24, 2.45) is 11.7 Å². The summed E-state index contributed by atoms with van der Waals surface area (Å²) in [6.45, 7) is 0. The molecule has 4 heteroatoms. The Bertz CT molecular complexity index is 390. The molecule has 0 heterocycles. The monoisotopic (exact) mass is 222 g/mol. The van der Waals surface area contributed by atoms with Crippen molar-refractivity contribution in [2.45, 2.75) is 25.3 Å². The topological polar surface area (TPSA) is 55.1 Å². The molecule has 16 heavy (non-hydrogen) atoms. The lowest BCUT2D eigenvalue weighted by molar-refractivity contribution is -0.116. The first-order valence-corrected chi connectivity index (χ1v) is 5.47. The van der Waals surface area contributed by atoms with E-state index in [1.54, 1.807) is 12.1 Å². The molecule has 1 aromatic carbocycles. The summed E-state index contributed by atoms with van der Waals surface area (Å²) in [5.74, 6) is -0.160. The van der Waals surface area contributed by atoms with Crippen LogP contribution in [0.3, 0.4) is 0 Å². The molecule has 86 valence electrons. The van der Waals surface area contributed by atoms with Crippen LogP contribution in [0, 0.1) is 11.7 Å². The van der Waals surface area contributed by atoms with Gasteiger partial charge in [-0.15, -0.1) is 0 Å². The van der Waals surface area contributed by atoms with Crippen LogP contribution in [0.1, 0.15) is 19.3 Å². The summed E-state index contributed by atoms with van der Waals surface area (Å²) in [5.41, 5.74) is 6.04. The van der Waals surface area contributed by atoms with Crippen molar-refractivity contribution in [3.63, 3.8) is 0 Å². The fourth-order valence-corrected chi connectivity index (χ4v) is 1.67. The van der Waals surface area contributed by atoms with Gasteiger partial charge in [0.25, 0.3) is 0 Å². The van der Waals surface area contributed by atoms with E-state index in [4.69, 9.17) is 5.73 Å². The fourth-order valence-electron chi connectivity index (χ4n) is 1.67. The molecule has 1 unspecified atom stereocenters. The Hall–Kier alpha value is -1.42. The number of nitrogens with two attached hydrogens (primary N) is 1. The maximum absolute atomic E-state index is 13.2. The van der Waals surface area contributed by atoms with Gasteiger partial charge in [0.15, 0.2) is 0 Å². The molecule has 1 amide bonds. The molecule has 0 aromatic heterocycles. The standard InChI is InChI=1S/C12H15FN2O/c13-9-3-1-2-4-11(9)15-12(16)7-10(14)8-5-6-8/h1-4,8,10H,5-7,14H2,(H,15,16). The third kappa shape index (κ3) is 2.79. The van der Waals surface area contributed by atoms with Gasteiger partial charge in [-0.1, -0.05) is 12.1 Å². The third-order valence-electron chi connectivity index (χ3n) is 2.80. The number of carbonyl (C=O) groups excluding carboxylic acids is 1. The predicted molar refractivity (Wildman–Crippen MR) is 60.3 cm³/mol. The Labute approximate surface area is 93.8 Å². The van der Waals surface area contributed by atoms with E-state index in [1.165, 1.54) is 12.1 Å². The minimum atomic E-state index is -0.421. The van der Waals surface area contributed by atoms with Gasteiger partial charge in [0.05, 0.1) is 5.69 Å². The first-order chi connectivity index (χ1) is 7.66. The minimum absolute atomic E-state index is 0.0910. The second-order valence-electron chi connectivity index (χ2n) is 4.23. The van der Waals surface area contributed by atoms with Crippen molar-refractivity contribution in [1.82, 2.24) is 0 Å². The van der Waals surface area contributed by atoms with Crippen molar-refractivity contribution in [2.75, 3.05) is 5.32 Å². The SMILES string of the molecule is NC(CC(=O)Nc1ccccc1F)C1CC1. The zero-order valence-corrected chi connectivity index (χ0v) is 8.95. The summed E-state index contributed by atoms with van der Waals surface area (Å²) in [6, 6.07) is 6.03. The van der Waals surface area contributed by atoms with Gasteiger partial charge in [0.2, 0.25) is 5.91 Å². The number of nitrogens with one attached hydrogen (secondary N) is 1. The molecular weight excluding hydrogens is 207 g/mol. The van der Waals surface area contributed by atoms with Crippen LogP contribution in [0.25, 0.3) is 0 Å². The summed E-state index contributed by atoms with van der Waals surface area (Å²) < 4.78 is 13.2. The highest BCUT2D eigenvalue weighted by molar-refractivity contribution is 5.91. The largest absolute Gasteiger partial charge is 0.327 e. The van der Waals surface area contributed by atoms with Crippen LogP contribution in [0.2, 0.25) is 0 Å². The predicted octanol–water partition coefficient (Wildman–Crippen LogP) is 1.89. The highest BCUT2D eigenvalue weighted by Crippen LogP contribution is 2.32. The number of hydrogen-bond acceptors (Lipinski definition) is 2. The summed E-state index contributed by atoms with van der Waals surface area (Å²) in [7, 11) is 0. The van der Waals surface area contributed by atoms with Crippen LogP contribution in [0.5, 0.6) is 0 Å². The molecule has 0 radical (unpaired) electrons. The number of hydrogen-bond donors (Lipinski definition) is 2. The maximum Gasteiger partial charge on any atom is 0.226 e. The van der Waals surface area contributed by atoms with E-state index in [9.17, 15) is 9.18 Å². The number of para-hydroxylation sites is 1. The second kappa shape index (κ2) is 4.61. The molecule has 1 fully saturated rings. The molecule has 3 N–H and O–H groups in total. The van der Waals surface area contributed by atoms with Gasteiger partial charge in [-0.05, 0) is 30.9 Å². The third-order valence-corrected chi connectivity index (χ3v) is 2.80. The summed E-state index contributed by atoms with van der Waals surface area (Å²) in [4.78, 5) is 11.5. The van der Waals surface area contributed by atoms with Crippen LogP contribution in [-0.4, -0.2) is 11.9 Å². The number of carbonyl (C=O) groups is 1. The van der Waals surface area contributed by atoms with Gasteiger partial charge in [0, 0.05) is 12.5 Å². The van der Waals surface area contributed by atoms with Crippen LogP contribution < -0.4 is 11.1 Å². The van der Waals surface area contributed by atoms with E-state index in [1.807, 2.05) is 0 Å². The van der Waals surface area contributed by atoms with E-state index < -0.39 is 5.82 Å². The lowest BCUT2D eigenvalue weighted by Crippen LogP contribution is -2.29. The highest BCUT2D eigenvalue weighted by atomic mass is 19.1. The van der Waals surface area contributed by atoms with Crippen LogP contribution in [0.4, 0.5) is 10.1 Å². The normalized spacial score (nSPS) is 16.9. The summed E-state index contributed by atoms with van der Waals surface area (Å²) in [6.07, 6.45) is 2.47. The van der Waals surface area contributed by atoms with Crippen molar-refractivity contribution in [1.29, 1.82) is 0 Å². The number of anilines is 1. The Morgan fingerprint density at radius 1 is 1.50 bits per heavy atom. The lowest BCUT2D eigenvalue weighted by atomic mass is 10.1. The molecule has 1 aromatic rings. The molecule has 0 spiro atoms. The van der Waals surface area contributed by atoms with E-state index in [2.05, 4.69) is 5.32 Å². The average Bonchev–Trinajstić information content (AvgIpc) is 3.04. The number of amides is 1. The zero-order valence-electron chi connectivity index (χ0n) is 8.95. The second-order valence-corrected chi connectivity index (χ2v) is 4.23. The van der Waals surface area contributed by atoms with E-state index in [0.29, 0.717) is 5.92 Å². The van der Waals surface area contributed by atoms with Crippen LogP contribution in [0.15, 0.2) is 24.3 Å². The van der Waals surface area contributed by atoms with Gasteiger partial charge >= 0.3 is 0 Å². The highest BCUT2D eigenvalue weighted by Gasteiger charge is 2.29. The molecule has 1 aliphatic carbocycles. The van der Waals surface area contributed by atoms with Crippen molar-refractivity contribution in [3.8, 4) is 0 Å². The minimum Gasteiger partial charge on any atom is -0.327 e. The molecule has 1 atom stereocenters. The van der Waals surface area contributed by atoms with Gasteiger partial charge in [-0.2, -0.15) is 0 Å². The zero-order chi connectivity index (χ0) is 11.5. The first-order valence-electron chi connectivity index (χ1n) is 5.47. The molecule has 3 nitrogen and oxygen atoms in total. The Morgan fingerprint density at radius 3 is 2.81 bits per heavy atom. The van der Waals surface area contributed by atoms with Gasteiger partial charge < -0.3 is 11.1 Å². The quantitative estimate of drug-likeness (QED) is 0.817. The molecule has 0 bridgehead atoms. The van der Waals surface area contributed by atoms with Crippen molar-refractivity contribution >= 4 is 11.6 Å². The van der Waals surface area contributed by atoms with Crippen LogP contribution in [-0.2, 0) is 4.79 Å². The fraction of sp³-hybridized carbons (Fsp3) is 0.417. The Kier molecular flexibility index (Phi) is 3.19. The number of benzene rings is 1. The van der Waals surface area contributed by atoms with E-state index in [-0.39, 0.29) is 24.1 Å². The molecule has 2 rings (SSSR count). The Balaban J connectivity index is 1.89. The van der Waals surface area contributed by atoms with Crippen LogP contribution >= 0.6 is 0 Å². The maximum atomic E-state index is 13.2. The number of rotatable bonds is 4. The van der Waals surface area contributed by atoms with Gasteiger partial charge in [-0.25, -0.2) is 4.39 Å². The van der Waals surface area contributed by atoms with Gasteiger partial charge in [-0.3, -0.25) is 4.79 Å². The summed E-state index contributed by atoms with van der Waals surface area (Å²) in [5, 5.41) is 2.53. The molecular formula is C12H15FN2O. The van der Waals surface area contributed by atoms with Crippen molar-refractivity contribution in [3.05, 3.63) is 30.1 Å². The van der Waals surface area contributed by atoms with Gasteiger partial charge in [0.1, 0.15) is 5.82 Å².